The maximum absolute atomic E-state index is 13.9. The Kier molecular flexibility index (Phi) is 9.57. The number of benzene rings is 1. The molecule has 2 aromatic rings. The van der Waals surface area contributed by atoms with E-state index in [0.717, 1.165) is 22.3 Å². The van der Waals surface area contributed by atoms with Gasteiger partial charge in [-0.3, -0.25) is 14.4 Å². The number of ether oxygens (including phenoxy) is 1. The second-order valence-corrected chi connectivity index (χ2v) is 10.2. The van der Waals surface area contributed by atoms with Crippen molar-refractivity contribution in [2.24, 2.45) is 0 Å². The molecule has 1 saturated heterocycles. The minimum Gasteiger partial charge on any atom is -0.370 e. The SMILES string of the molecule is CC(C)NC(=O)N[C@@H](CNC(=O)c1ccc(Cl)s1)C(=O)Nc1ccc(N2CCOCC2=O)c(C(F)(F)F)c1. The number of halogens is 4. The summed E-state index contributed by atoms with van der Waals surface area (Å²) in [6.07, 6.45) is -4.83. The highest BCUT2D eigenvalue weighted by Gasteiger charge is 2.37. The van der Waals surface area contributed by atoms with E-state index in [0.29, 0.717) is 10.4 Å². The number of hydrogen-bond donors (Lipinski definition) is 4. The Morgan fingerprint density at radius 3 is 2.50 bits per heavy atom. The van der Waals surface area contributed by atoms with E-state index >= 15 is 0 Å². The minimum atomic E-state index is -4.83. The Morgan fingerprint density at radius 1 is 1.16 bits per heavy atom. The van der Waals surface area contributed by atoms with Gasteiger partial charge in [0, 0.05) is 24.8 Å². The summed E-state index contributed by atoms with van der Waals surface area (Å²) in [6, 6.07) is 3.66. The Bertz CT molecular complexity index is 1210. The van der Waals surface area contributed by atoms with Crippen molar-refractivity contribution in [3.8, 4) is 0 Å². The third kappa shape index (κ3) is 7.82. The van der Waals surface area contributed by atoms with E-state index < -0.39 is 41.5 Å². The molecule has 3 rings (SSSR count). The molecule has 2 heterocycles. The maximum Gasteiger partial charge on any atom is 0.418 e. The average Bonchev–Trinajstić information content (AvgIpc) is 3.27. The molecule has 1 aromatic carbocycles. The molecule has 0 bridgehead atoms. The lowest BCUT2D eigenvalue weighted by molar-refractivity contribution is -0.137. The summed E-state index contributed by atoms with van der Waals surface area (Å²) in [5, 5.41) is 9.79. The van der Waals surface area contributed by atoms with Crippen LogP contribution in [-0.2, 0) is 20.5 Å². The fourth-order valence-corrected chi connectivity index (χ4v) is 4.43. The molecule has 0 unspecified atom stereocenters. The number of anilines is 2. The number of nitrogens with one attached hydrogen (secondary N) is 4. The van der Waals surface area contributed by atoms with Gasteiger partial charge >= 0.3 is 12.2 Å². The lowest BCUT2D eigenvalue weighted by Gasteiger charge is -2.29. The fraction of sp³-hybridized carbons (Fsp3) is 0.391. The van der Waals surface area contributed by atoms with Gasteiger partial charge in [0.1, 0.15) is 12.6 Å². The van der Waals surface area contributed by atoms with E-state index in [4.69, 9.17) is 16.3 Å². The number of amides is 5. The van der Waals surface area contributed by atoms with Gasteiger partial charge in [0.05, 0.1) is 27.1 Å². The predicted octanol–water partition coefficient (Wildman–Crippen LogP) is 3.23. The van der Waals surface area contributed by atoms with Crippen molar-refractivity contribution in [1.29, 1.82) is 0 Å². The molecule has 206 valence electrons. The van der Waals surface area contributed by atoms with Crippen molar-refractivity contribution < 1.29 is 37.1 Å². The van der Waals surface area contributed by atoms with Crippen LogP contribution in [0.25, 0.3) is 0 Å². The number of nitrogens with zero attached hydrogens (tertiary/aromatic N) is 1. The van der Waals surface area contributed by atoms with Crippen molar-refractivity contribution in [3.63, 3.8) is 0 Å². The van der Waals surface area contributed by atoms with Crippen LogP contribution >= 0.6 is 22.9 Å². The summed E-state index contributed by atoms with van der Waals surface area (Å²) in [5.74, 6) is -2.05. The topological polar surface area (TPSA) is 129 Å². The van der Waals surface area contributed by atoms with Gasteiger partial charge in [0.15, 0.2) is 0 Å². The molecule has 15 heteroatoms. The Balaban J connectivity index is 1.80. The molecule has 1 aliphatic rings. The highest BCUT2D eigenvalue weighted by Crippen LogP contribution is 2.38. The first kappa shape index (κ1) is 29.2. The number of alkyl halides is 3. The highest BCUT2D eigenvalue weighted by atomic mass is 35.5. The first-order valence-electron chi connectivity index (χ1n) is 11.4. The van der Waals surface area contributed by atoms with E-state index in [1.54, 1.807) is 13.8 Å². The van der Waals surface area contributed by atoms with Gasteiger partial charge in [0.2, 0.25) is 5.91 Å². The van der Waals surface area contributed by atoms with Crippen LogP contribution in [0, 0.1) is 0 Å². The number of carbonyl (C=O) groups is 4. The van der Waals surface area contributed by atoms with Gasteiger partial charge in [-0.25, -0.2) is 4.79 Å². The fourth-order valence-electron chi connectivity index (χ4n) is 3.47. The molecule has 0 saturated carbocycles. The molecular weight excluding hydrogens is 551 g/mol. The zero-order chi connectivity index (χ0) is 28.0. The molecule has 0 spiro atoms. The van der Waals surface area contributed by atoms with E-state index in [9.17, 15) is 32.3 Å². The molecule has 5 amide bonds. The monoisotopic (exact) mass is 575 g/mol. The quantitative estimate of drug-likeness (QED) is 0.384. The van der Waals surface area contributed by atoms with Gasteiger partial charge in [-0.1, -0.05) is 11.6 Å². The summed E-state index contributed by atoms with van der Waals surface area (Å²) in [7, 11) is 0. The summed E-state index contributed by atoms with van der Waals surface area (Å²) in [6.45, 7) is 2.70. The van der Waals surface area contributed by atoms with Gasteiger partial charge in [-0.15, -0.1) is 11.3 Å². The van der Waals surface area contributed by atoms with Crippen molar-refractivity contribution in [2.45, 2.75) is 32.1 Å². The van der Waals surface area contributed by atoms with E-state index in [1.165, 1.54) is 18.2 Å². The maximum atomic E-state index is 13.9. The zero-order valence-electron chi connectivity index (χ0n) is 20.3. The third-order valence-corrected chi connectivity index (χ3v) is 6.38. The summed E-state index contributed by atoms with van der Waals surface area (Å²) >= 11 is 6.85. The molecule has 1 aliphatic heterocycles. The van der Waals surface area contributed by atoms with Crippen LogP contribution in [-0.4, -0.2) is 62.1 Å². The standard InChI is InChI=1S/C23H25ClF3N5O5S/c1-12(2)29-22(36)31-15(10-28-21(35)17-5-6-18(24)38-17)20(34)30-13-3-4-16(14(9-13)23(25,26)27)32-7-8-37-11-19(32)33/h3-6,9,12,15H,7-8,10-11H2,1-2H3,(H,28,35)(H,30,34)(H2,29,31,36)/t15-/m0/s1. The number of morpholine rings is 1. The van der Waals surface area contributed by atoms with Crippen LogP contribution in [0.1, 0.15) is 29.1 Å². The number of urea groups is 1. The predicted molar refractivity (Wildman–Crippen MR) is 135 cm³/mol. The number of carbonyl (C=O) groups excluding carboxylic acids is 4. The first-order valence-corrected chi connectivity index (χ1v) is 12.6. The van der Waals surface area contributed by atoms with Crippen molar-refractivity contribution in [2.75, 3.05) is 36.5 Å². The molecular formula is C23H25ClF3N5O5S. The van der Waals surface area contributed by atoms with Crippen LogP contribution < -0.4 is 26.2 Å². The second-order valence-electron chi connectivity index (χ2n) is 8.46. The minimum absolute atomic E-state index is 0.0558. The average molecular weight is 576 g/mol. The van der Waals surface area contributed by atoms with Crippen molar-refractivity contribution >= 4 is 58.1 Å². The molecule has 10 nitrogen and oxygen atoms in total. The number of rotatable bonds is 8. The van der Waals surface area contributed by atoms with Gasteiger partial charge < -0.3 is 30.9 Å². The summed E-state index contributed by atoms with van der Waals surface area (Å²) < 4.78 is 47.0. The van der Waals surface area contributed by atoms with Crippen molar-refractivity contribution in [3.05, 3.63) is 45.1 Å². The lowest BCUT2D eigenvalue weighted by atomic mass is 10.1. The number of hydrogen-bond acceptors (Lipinski definition) is 6. The summed E-state index contributed by atoms with van der Waals surface area (Å²) in [5.41, 5.74) is -1.72. The molecule has 1 aromatic heterocycles. The van der Waals surface area contributed by atoms with Crippen LogP contribution in [0.3, 0.4) is 0 Å². The Labute approximate surface area is 224 Å². The summed E-state index contributed by atoms with van der Waals surface area (Å²) in [4.78, 5) is 51.0. The molecule has 38 heavy (non-hydrogen) atoms. The zero-order valence-corrected chi connectivity index (χ0v) is 21.9. The van der Waals surface area contributed by atoms with Crippen molar-refractivity contribution in [1.82, 2.24) is 16.0 Å². The van der Waals surface area contributed by atoms with Gasteiger partial charge in [-0.05, 0) is 44.2 Å². The van der Waals surface area contributed by atoms with Gasteiger partial charge in [-0.2, -0.15) is 13.2 Å². The molecule has 0 radical (unpaired) electrons. The Hall–Kier alpha value is -3.36. The lowest BCUT2D eigenvalue weighted by Crippen LogP contribution is -2.54. The third-order valence-electron chi connectivity index (χ3n) is 5.15. The van der Waals surface area contributed by atoms with E-state index in [1.807, 2.05) is 0 Å². The molecule has 0 aliphatic carbocycles. The van der Waals surface area contributed by atoms with Crippen LogP contribution in [0.15, 0.2) is 30.3 Å². The smallest absolute Gasteiger partial charge is 0.370 e. The largest absolute Gasteiger partial charge is 0.418 e. The first-order chi connectivity index (χ1) is 17.8. The number of thiophene rings is 1. The van der Waals surface area contributed by atoms with Crippen LogP contribution in [0.5, 0.6) is 0 Å². The van der Waals surface area contributed by atoms with E-state index in [-0.39, 0.29) is 48.6 Å². The van der Waals surface area contributed by atoms with Crippen LogP contribution in [0.4, 0.5) is 29.3 Å². The molecule has 1 fully saturated rings. The van der Waals surface area contributed by atoms with E-state index in [2.05, 4.69) is 21.3 Å². The second kappa shape index (κ2) is 12.5. The van der Waals surface area contributed by atoms with Crippen LogP contribution in [0.2, 0.25) is 4.34 Å². The normalized spacial score (nSPS) is 14.7. The molecule has 4 N–H and O–H groups in total. The van der Waals surface area contributed by atoms with Gasteiger partial charge in [0.25, 0.3) is 11.8 Å². The highest BCUT2D eigenvalue weighted by molar-refractivity contribution is 7.18. The molecule has 1 atom stereocenters. The Morgan fingerprint density at radius 2 is 1.89 bits per heavy atom.